The number of rotatable bonds is 7. The number of alkyl halides is 2. The van der Waals surface area contributed by atoms with Crippen LogP contribution >= 0.6 is 0 Å². The third-order valence-corrected chi connectivity index (χ3v) is 3.50. The van der Waals surface area contributed by atoms with Crippen molar-refractivity contribution in [2.75, 3.05) is 6.61 Å². The molecule has 1 N–H and O–H groups in total. The second-order valence-electron chi connectivity index (χ2n) is 5.41. The molecule has 0 spiro atoms. The fourth-order valence-electron chi connectivity index (χ4n) is 2.31. The van der Waals surface area contributed by atoms with Gasteiger partial charge in [0.1, 0.15) is 5.75 Å². The summed E-state index contributed by atoms with van der Waals surface area (Å²) in [5.74, 6) is -1.98. The first-order chi connectivity index (χ1) is 11.9. The van der Waals surface area contributed by atoms with Crippen molar-refractivity contribution in [3.63, 3.8) is 0 Å². The summed E-state index contributed by atoms with van der Waals surface area (Å²) >= 11 is 0. The molecule has 1 aliphatic carbocycles. The highest BCUT2D eigenvalue weighted by molar-refractivity contribution is 6.05. The van der Waals surface area contributed by atoms with Gasteiger partial charge in [-0.05, 0) is 43.0 Å². The predicted molar refractivity (Wildman–Crippen MR) is 83.0 cm³/mol. The van der Waals surface area contributed by atoms with E-state index in [4.69, 9.17) is 4.74 Å². The molecule has 0 saturated heterocycles. The Hall–Kier alpha value is -2.77. The number of carbonyl (C=O) groups excluding carboxylic acids is 3. The number of hydrogen-bond donors (Lipinski definition) is 1. The van der Waals surface area contributed by atoms with Crippen molar-refractivity contribution in [3.05, 3.63) is 42.0 Å². The van der Waals surface area contributed by atoms with Crippen molar-refractivity contribution in [2.45, 2.75) is 25.9 Å². The number of esters is 1. The molecule has 134 valence electrons. The van der Waals surface area contributed by atoms with E-state index in [9.17, 15) is 23.2 Å². The van der Waals surface area contributed by atoms with Crippen molar-refractivity contribution >= 4 is 17.8 Å². The molecular weight excluding hydrogens is 336 g/mol. The first-order valence-electron chi connectivity index (χ1n) is 7.65. The second kappa shape index (κ2) is 8.91. The van der Waals surface area contributed by atoms with Gasteiger partial charge in [0.25, 0.3) is 11.8 Å². The molecule has 0 aromatic heterocycles. The van der Waals surface area contributed by atoms with Crippen LogP contribution in [0.3, 0.4) is 0 Å². The van der Waals surface area contributed by atoms with Gasteiger partial charge in [-0.25, -0.2) is 0 Å². The van der Waals surface area contributed by atoms with Crippen LogP contribution in [0.1, 0.15) is 29.6 Å². The van der Waals surface area contributed by atoms with Crippen LogP contribution in [0.25, 0.3) is 0 Å². The van der Waals surface area contributed by atoms with Crippen molar-refractivity contribution in [2.24, 2.45) is 5.92 Å². The average Bonchev–Trinajstić information content (AvgIpc) is 3.06. The van der Waals surface area contributed by atoms with E-state index in [0.29, 0.717) is 0 Å². The largest absolute Gasteiger partial charge is 0.456 e. The van der Waals surface area contributed by atoms with E-state index in [-0.39, 0.29) is 23.7 Å². The van der Waals surface area contributed by atoms with Crippen LogP contribution < -0.4 is 10.1 Å². The van der Waals surface area contributed by atoms with E-state index in [1.807, 2.05) is 17.5 Å². The van der Waals surface area contributed by atoms with Crippen molar-refractivity contribution < 1.29 is 32.6 Å². The number of nitrogens with one attached hydrogen (secondary N) is 1. The SMILES string of the molecule is O=C(COC(=O)C[C@@H]1C=CCC1)NC(=O)c1ccc(OC(F)F)cc1. The molecule has 2 amide bonds. The molecule has 0 unspecified atom stereocenters. The molecule has 1 aromatic rings. The molecule has 1 aromatic carbocycles. The lowest BCUT2D eigenvalue weighted by Gasteiger charge is -2.09. The number of allylic oxidation sites excluding steroid dienone is 2. The van der Waals surface area contributed by atoms with Crippen molar-refractivity contribution in [1.82, 2.24) is 5.32 Å². The van der Waals surface area contributed by atoms with Gasteiger partial charge in [-0.15, -0.1) is 0 Å². The highest BCUT2D eigenvalue weighted by atomic mass is 19.3. The fraction of sp³-hybridized carbons (Fsp3) is 0.353. The predicted octanol–water partition coefficient (Wildman–Crippen LogP) is 2.44. The molecule has 0 bridgehead atoms. The first-order valence-corrected chi connectivity index (χ1v) is 7.65. The van der Waals surface area contributed by atoms with Crippen LogP contribution in [0, 0.1) is 5.92 Å². The van der Waals surface area contributed by atoms with Gasteiger partial charge in [-0.3, -0.25) is 19.7 Å². The molecule has 0 radical (unpaired) electrons. The third kappa shape index (κ3) is 6.33. The molecule has 25 heavy (non-hydrogen) atoms. The quantitative estimate of drug-likeness (QED) is 0.601. The Morgan fingerprint density at radius 1 is 1.20 bits per heavy atom. The maximum absolute atomic E-state index is 12.0. The van der Waals surface area contributed by atoms with Gasteiger partial charge in [0.05, 0.1) is 6.42 Å². The van der Waals surface area contributed by atoms with E-state index >= 15 is 0 Å². The molecule has 1 atom stereocenters. The molecule has 0 saturated carbocycles. The normalized spacial score (nSPS) is 15.9. The summed E-state index contributed by atoms with van der Waals surface area (Å²) in [6.07, 6.45) is 5.93. The Kier molecular flexibility index (Phi) is 6.62. The summed E-state index contributed by atoms with van der Waals surface area (Å²) in [4.78, 5) is 35.1. The monoisotopic (exact) mass is 353 g/mol. The Morgan fingerprint density at radius 3 is 2.52 bits per heavy atom. The molecule has 0 fully saturated rings. The number of benzene rings is 1. The zero-order chi connectivity index (χ0) is 18.2. The molecule has 0 heterocycles. The average molecular weight is 353 g/mol. The second-order valence-corrected chi connectivity index (χ2v) is 5.41. The minimum Gasteiger partial charge on any atom is -0.456 e. The van der Waals surface area contributed by atoms with Gasteiger partial charge in [0.15, 0.2) is 6.61 Å². The Balaban J connectivity index is 1.74. The van der Waals surface area contributed by atoms with E-state index in [1.165, 1.54) is 24.3 Å². The number of carbonyl (C=O) groups is 3. The summed E-state index contributed by atoms with van der Waals surface area (Å²) in [5, 5.41) is 2.05. The standard InChI is InChI=1S/C17H17F2NO5/c18-17(19)25-13-7-5-12(6-8-13)16(23)20-14(21)10-24-15(22)9-11-3-1-2-4-11/h1,3,5-8,11,17H,2,4,9-10H2,(H,20,21,23)/t11-/m1/s1. The van der Waals surface area contributed by atoms with Crippen LogP contribution in [0.5, 0.6) is 5.75 Å². The summed E-state index contributed by atoms with van der Waals surface area (Å²) in [7, 11) is 0. The third-order valence-electron chi connectivity index (χ3n) is 3.50. The topological polar surface area (TPSA) is 81.7 Å². The lowest BCUT2D eigenvalue weighted by atomic mass is 10.1. The van der Waals surface area contributed by atoms with Gasteiger partial charge >= 0.3 is 12.6 Å². The van der Waals surface area contributed by atoms with E-state index in [1.54, 1.807) is 0 Å². The number of ether oxygens (including phenoxy) is 2. The van der Waals surface area contributed by atoms with Crippen LogP contribution in [0.2, 0.25) is 0 Å². The number of hydrogen-bond acceptors (Lipinski definition) is 5. The summed E-state index contributed by atoms with van der Waals surface area (Å²) < 4.78 is 33.1. The zero-order valence-electron chi connectivity index (χ0n) is 13.2. The lowest BCUT2D eigenvalue weighted by Crippen LogP contribution is -2.34. The van der Waals surface area contributed by atoms with E-state index < -0.39 is 31.0 Å². The first kappa shape index (κ1) is 18.6. The molecule has 2 rings (SSSR count). The van der Waals surface area contributed by atoms with Crippen molar-refractivity contribution in [3.8, 4) is 5.75 Å². The zero-order valence-corrected chi connectivity index (χ0v) is 13.2. The summed E-state index contributed by atoms with van der Waals surface area (Å²) in [6, 6.07) is 4.83. The minimum atomic E-state index is -2.96. The van der Waals surface area contributed by atoms with Crippen LogP contribution in [-0.4, -0.2) is 31.0 Å². The Morgan fingerprint density at radius 2 is 1.92 bits per heavy atom. The summed E-state index contributed by atoms with van der Waals surface area (Å²) in [6.45, 7) is -3.52. The van der Waals surface area contributed by atoms with Gasteiger partial charge in [-0.1, -0.05) is 12.2 Å². The molecular formula is C17H17F2NO5. The van der Waals surface area contributed by atoms with E-state index in [0.717, 1.165) is 12.8 Å². The van der Waals surface area contributed by atoms with Crippen LogP contribution in [0.15, 0.2) is 36.4 Å². The molecule has 8 heteroatoms. The van der Waals surface area contributed by atoms with Crippen LogP contribution in [-0.2, 0) is 14.3 Å². The maximum Gasteiger partial charge on any atom is 0.387 e. The fourth-order valence-corrected chi connectivity index (χ4v) is 2.31. The molecule has 0 aliphatic heterocycles. The smallest absolute Gasteiger partial charge is 0.387 e. The van der Waals surface area contributed by atoms with Gasteiger partial charge in [0.2, 0.25) is 0 Å². The van der Waals surface area contributed by atoms with Crippen molar-refractivity contribution in [1.29, 1.82) is 0 Å². The van der Waals surface area contributed by atoms with Gasteiger partial charge in [-0.2, -0.15) is 8.78 Å². The Bertz CT molecular complexity index is 658. The number of imide groups is 1. The van der Waals surface area contributed by atoms with E-state index in [2.05, 4.69) is 4.74 Å². The highest BCUT2D eigenvalue weighted by Gasteiger charge is 2.17. The number of halogens is 2. The lowest BCUT2D eigenvalue weighted by molar-refractivity contribution is -0.148. The van der Waals surface area contributed by atoms with Gasteiger partial charge in [0, 0.05) is 5.56 Å². The maximum atomic E-state index is 12.0. The van der Waals surface area contributed by atoms with Crippen LogP contribution in [0.4, 0.5) is 8.78 Å². The minimum absolute atomic E-state index is 0.0809. The summed E-state index contributed by atoms with van der Waals surface area (Å²) in [5.41, 5.74) is 0.0809. The molecule has 6 nitrogen and oxygen atoms in total. The van der Waals surface area contributed by atoms with Gasteiger partial charge < -0.3 is 9.47 Å². The highest BCUT2D eigenvalue weighted by Crippen LogP contribution is 2.20. The Labute approximate surface area is 142 Å². The molecule has 1 aliphatic rings. The number of amides is 2.